The molecule has 1 saturated heterocycles. The summed E-state index contributed by atoms with van der Waals surface area (Å²) in [4.78, 5) is 12.0. The normalized spacial score (nSPS) is 18.6. The Balaban J connectivity index is 0.00000180. The molecule has 19 heavy (non-hydrogen) atoms. The fraction of sp³-hybridized carbons (Fsp3) is 0.417. The Morgan fingerprint density at radius 1 is 1.37 bits per heavy atom. The molecule has 0 bridgehead atoms. The van der Waals surface area contributed by atoms with Crippen LogP contribution in [0.3, 0.4) is 0 Å². The second kappa shape index (κ2) is 7.29. The van der Waals surface area contributed by atoms with Gasteiger partial charge in [0.25, 0.3) is 5.91 Å². The lowest BCUT2D eigenvalue weighted by atomic mass is 10.1. The van der Waals surface area contributed by atoms with Crippen LogP contribution in [0.15, 0.2) is 12.1 Å². The minimum atomic E-state index is -0.645. The molecule has 0 aliphatic carbocycles. The van der Waals surface area contributed by atoms with E-state index in [0.717, 1.165) is 32.0 Å². The monoisotopic (exact) mass is 326 g/mol. The van der Waals surface area contributed by atoms with E-state index in [4.69, 9.17) is 23.2 Å². The molecular weight excluding hydrogens is 314 g/mol. The van der Waals surface area contributed by atoms with Crippen molar-refractivity contribution in [1.29, 1.82) is 0 Å². The van der Waals surface area contributed by atoms with Crippen LogP contribution in [0.4, 0.5) is 4.39 Å². The summed E-state index contributed by atoms with van der Waals surface area (Å²) in [5.74, 6) is -1.02. The van der Waals surface area contributed by atoms with Crippen LogP contribution in [-0.4, -0.2) is 25.0 Å². The van der Waals surface area contributed by atoms with Crippen LogP contribution in [0, 0.1) is 5.82 Å². The molecule has 1 amide bonds. The summed E-state index contributed by atoms with van der Waals surface area (Å²) in [5.41, 5.74) is 0.115. The van der Waals surface area contributed by atoms with Crippen LogP contribution in [0.25, 0.3) is 0 Å². The largest absolute Gasteiger partial charge is 0.348 e. The van der Waals surface area contributed by atoms with Gasteiger partial charge in [-0.25, -0.2) is 4.39 Å². The standard InChI is InChI=1S/C12H13Cl2FN2O.ClH/c13-9-5-10(14)11(15)4-8(9)12(18)17-7-2-1-3-16-6-7;/h4-5,7,16H,1-3,6H2,(H,17,18);1H/t7-;/m0./s1. The maximum absolute atomic E-state index is 13.3. The zero-order valence-electron chi connectivity index (χ0n) is 10.0. The third-order valence-corrected chi connectivity index (χ3v) is 3.49. The van der Waals surface area contributed by atoms with Crippen molar-refractivity contribution in [3.8, 4) is 0 Å². The van der Waals surface area contributed by atoms with Crippen molar-refractivity contribution in [3.63, 3.8) is 0 Å². The summed E-state index contributed by atoms with van der Waals surface area (Å²) >= 11 is 11.5. The number of rotatable bonds is 2. The molecule has 0 aromatic heterocycles. The summed E-state index contributed by atoms with van der Waals surface area (Å²) in [6, 6.07) is 2.36. The maximum Gasteiger partial charge on any atom is 0.253 e. The highest BCUT2D eigenvalue weighted by Crippen LogP contribution is 2.24. The summed E-state index contributed by atoms with van der Waals surface area (Å²) < 4.78 is 13.3. The molecule has 0 saturated carbocycles. The topological polar surface area (TPSA) is 41.1 Å². The molecule has 1 aromatic carbocycles. The molecule has 0 radical (unpaired) electrons. The number of halogens is 4. The third kappa shape index (κ3) is 4.21. The SMILES string of the molecule is Cl.O=C(N[C@H]1CCCNC1)c1cc(F)c(Cl)cc1Cl. The highest BCUT2D eigenvalue weighted by Gasteiger charge is 2.19. The highest BCUT2D eigenvalue weighted by molar-refractivity contribution is 6.36. The molecule has 106 valence electrons. The zero-order chi connectivity index (χ0) is 13.1. The van der Waals surface area contributed by atoms with Gasteiger partial charge in [-0.05, 0) is 31.5 Å². The van der Waals surface area contributed by atoms with Gasteiger partial charge in [-0.1, -0.05) is 23.2 Å². The number of carbonyl (C=O) groups excluding carboxylic acids is 1. The van der Waals surface area contributed by atoms with Gasteiger partial charge >= 0.3 is 0 Å². The Morgan fingerprint density at radius 3 is 2.74 bits per heavy atom. The van der Waals surface area contributed by atoms with Gasteiger partial charge in [-0.2, -0.15) is 0 Å². The molecule has 1 heterocycles. The van der Waals surface area contributed by atoms with E-state index < -0.39 is 5.82 Å². The maximum atomic E-state index is 13.3. The lowest BCUT2D eigenvalue weighted by Gasteiger charge is -2.24. The van der Waals surface area contributed by atoms with E-state index in [9.17, 15) is 9.18 Å². The van der Waals surface area contributed by atoms with Crippen LogP contribution in [0.1, 0.15) is 23.2 Å². The van der Waals surface area contributed by atoms with Crippen LogP contribution in [0.5, 0.6) is 0 Å². The van der Waals surface area contributed by atoms with E-state index in [1.54, 1.807) is 0 Å². The molecule has 1 fully saturated rings. The van der Waals surface area contributed by atoms with Crippen molar-refractivity contribution in [1.82, 2.24) is 10.6 Å². The van der Waals surface area contributed by atoms with Gasteiger partial charge in [0, 0.05) is 12.6 Å². The summed E-state index contributed by atoms with van der Waals surface area (Å²) in [6.07, 6.45) is 1.92. The Bertz CT molecular complexity index is 465. The Hall–Kier alpha value is -0.550. The first kappa shape index (κ1) is 16.5. The highest BCUT2D eigenvalue weighted by atomic mass is 35.5. The van der Waals surface area contributed by atoms with E-state index in [1.165, 1.54) is 6.07 Å². The predicted molar refractivity (Wildman–Crippen MR) is 77.0 cm³/mol. The van der Waals surface area contributed by atoms with Gasteiger partial charge in [0.15, 0.2) is 0 Å². The van der Waals surface area contributed by atoms with Gasteiger partial charge < -0.3 is 10.6 Å². The summed E-state index contributed by atoms with van der Waals surface area (Å²) in [6.45, 7) is 1.68. The lowest BCUT2D eigenvalue weighted by molar-refractivity contribution is 0.0930. The Morgan fingerprint density at radius 2 is 2.11 bits per heavy atom. The number of amides is 1. The van der Waals surface area contributed by atoms with Crippen LogP contribution < -0.4 is 10.6 Å². The van der Waals surface area contributed by atoms with E-state index >= 15 is 0 Å². The molecule has 2 N–H and O–H groups in total. The molecule has 1 atom stereocenters. The number of benzene rings is 1. The zero-order valence-corrected chi connectivity index (χ0v) is 12.3. The van der Waals surface area contributed by atoms with Crippen molar-refractivity contribution in [2.75, 3.05) is 13.1 Å². The molecular formula is C12H14Cl3FN2O. The average molecular weight is 328 g/mol. The lowest BCUT2D eigenvalue weighted by Crippen LogP contribution is -2.45. The van der Waals surface area contributed by atoms with E-state index in [1.807, 2.05) is 0 Å². The molecule has 1 aromatic rings. The molecule has 2 rings (SSSR count). The Labute approximate surface area is 127 Å². The van der Waals surface area contributed by atoms with Crippen molar-refractivity contribution in [2.45, 2.75) is 18.9 Å². The number of carbonyl (C=O) groups is 1. The number of nitrogens with one attached hydrogen (secondary N) is 2. The number of piperidine rings is 1. The molecule has 1 aliphatic rings. The molecule has 0 unspecified atom stereocenters. The fourth-order valence-electron chi connectivity index (χ4n) is 1.93. The van der Waals surface area contributed by atoms with Crippen LogP contribution in [0.2, 0.25) is 10.0 Å². The van der Waals surface area contributed by atoms with Crippen molar-refractivity contribution < 1.29 is 9.18 Å². The molecule has 3 nitrogen and oxygen atoms in total. The predicted octanol–water partition coefficient (Wildman–Crippen LogP) is 3.04. The van der Waals surface area contributed by atoms with E-state index in [0.29, 0.717) is 0 Å². The van der Waals surface area contributed by atoms with Crippen molar-refractivity contribution >= 4 is 41.5 Å². The molecule has 7 heteroatoms. The number of hydrogen-bond donors (Lipinski definition) is 2. The van der Waals surface area contributed by atoms with Gasteiger partial charge in [0.1, 0.15) is 5.82 Å². The first-order valence-electron chi connectivity index (χ1n) is 5.74. The summed E-state index contributed by atoms with van der Waals surface area (Å²) in [7, 11) is 0. The summed E-state index contributed by atoms with van der Waals surface area (Å²) in [5, 5.41) is 6.08. The van der Waals surface area contributed by atoms with E-state index in [-0.39, 0.29) is 40.0 Å². The minimum absolute atomic E-state index is 0. The third-order valence-electron chi connectivity index (χ3n) is 2.89. The van der Waals surface area contributed by atoms with Gasteiger partial charge in [0.05, 0.1) is 15.6 Å². The average Bonchev–Trinajstić information content (AvgIpc) is 2.35. The van der Waals surface area contributed by atoms with Crippen molar-refractivity contribution in [3.05, 3.63) is 33.6 Å². The second-order valence-corrected chi connectivity index (χ2v) is 5.08. The Kier molecular flexibility index (Phi) is 6.33. The second-order valence-electron chi connectivity index (χ2n) is 4.26. The quantitative estimate of drug-likeness (QED) is 0.820. The van der Waals surface area contributed by atoms with Gasteiger partial charge in [0.2, 0.25) is 0 Å². The van der Waals surface area contributed by atoms with E-state index in [2.05, 4.69) is 10.6 Å². The van der Waals surface area contributed by atoms with Crippen LogP contribution >= 0.6 is 35.6 Å². The fourth-order valence-corrected chi connectivity index (χ4v) is 2.40. The van der Waals surface area contributed by atoms with Gasteiger partial charge in [-0.15, -0.1) is 12.4 Å². The van der Waals surface area contributed by atoms with Crippen molar-refractivity contribution in [2.24, 2.45) is 0 Å². The van der Waals surface area contributed by atoms with Gasteiger partial charge in [-0.3, -0.25) is 4.79 Å². The number of hydrogen-bond acceptors (Lipinski definition) is 2. The van der Waals surface area contributed by atoms with Crippen LogP contribution in [-0.2, 0) is 0 Å². The molecule has 1 aliphatic heterocycles. The molecule has 0 spiro atoms. The first-order valence-corrected chi connectivity index (χ1v) is 6.49. The smallest absolute Gasteiger partial charge is 0.253 e. The first-order chi connectivity index (χ1) is 8.58. The minimum Gasteiger partial charge on any atom is -0.348 e.